The molecule has 4 nitrogen and oxygen atoms in total. The number of carbonyl (C=O) groups excluding carboxylic acids is 1. The molecule has 0 aliphatic rings. The van der Waals surface area contributed by atoms with Gasteiger partial charge in [-0.15, -0.1) is 0 Å². The summed E-state index contributed by atoms with van der Waals surface area (Å²) in [5, 5.41) is 10.7. The maximum atomic E-state index is 12.7. The van der Waals surface area contributed by atoms with Crippen LogP contribution in [0.5, 0.6) is 0 Å². The molecule has 0 aromatic heterocycles. The van der Waals surface area contributed by atoms with E-state index in [1.165, 1.54) is 18.2 Å². The molecule has 1 aromatic carbocycles. The minimum atomic E-state index is -1.20. The van der Waals surface area contributed by atoms with E-state index in [9.17, 15) is 14.0 Å². The summed E-state index contributed by atoms with van der Waals surface area (Å²) in [5.74, 6) is -2.23. The zero-order valence-electron chi connectivity index (χ0n) is 8.08. The Labute approximate surface area is 85.7 Å². The fraction of sp³-hybridized carbons (Fsp3) is 0.200. The third-order valence-corrected chi connectivity index (χ3v) is 1.77. The van der Waals surface area contributed by atoms with Crippen molar-refractivity contribution in [1.29, 1.82) is 0 Å². The van der Waals surface area contributed by atoms with Gasteiger partial charge in [0.2, 0.25) is 5.91 Å². The maximum absolute atomic E-state index is 12.7. The molecule has 0 aliphatic heterocycles. The van der Waals surface area contributed by atoms with Crippen molar-refractivity contribution in [3.8, 4) is 0 Å². The normalized spacial score (nSPS) is 9.73. The lowest BCUT2D eigenvalue weighted by Gasteiger charge is -2.06. The van der Waals surface area contributed by atoms with Crippen LogP contribution < -0.4 is 5.32 Å². The molecular formula is C10H10FNO3. The molecule has 0 heterocycles. The zero-order valence-corrected chi connectivity index (χ0v) is 8.08. The number of anilines is 1. The lowest BCUT2D eigenvalue weighted by molar-refractivity contribution is -0.139. The SMILES string of the molecule is Cc1cc(F)ccc1NC(=O)CC(=O)O. The number of benzene rings is 1. The van der Waals surface area contributed by atoms with E-state index in [1.54, 1.807) is 6.92 Å². The van der Waals surface area contributed by atoms with Crippen LogP contribution >= 0.6 is 0 Å². The molecule has 80 valence electrons. The van der Waals surface area contributed by atoms with Crippen LogP contribution in [0, 0.1) is 12.7 Å². The van der Waals surface area contributed by atoms with Crippen LogP contribution in [-0.4, -0.2) is 17.0 Å². The summed E-state index contributed by atoms with van der Waals surface area (Å²) in [7, 11) is 0. The molecule has 0 unspecified atom stereocenters. The number of carboxylic acid groups (broad SMARTS) is 1. The molecule has 0 aliphatic carbocycles. The molecule has 1 rings (SSSR count). The van der Waals surface area contributed by atoms with Crippen molar-refractivity contribution in [3.63, 3.8) is 0 Å². The van der Waals surface area contributed by atoms with E-state index in [0.717, 1.165) is 0 Å². The Balaban J connectivity index is 2.72. The summed E-state index contributed by atoms with van der Waals surface area (Å²) in [4.78, 5) is 21.3. The second-order valence-electron chi connectivity index (χ2n) is 3.08. The fourth-order valence-electron chi connectivity index (χ4n) is 1.10. The Kier molecular flexibility index (Phi) is 3.38. The summed E-state index contributed by atoms with van der Waals surface area (Å²) in [5.41, 5.74) is 0.969. The number of aryl methyl sites for hydroxylation is 1. The van der Waals surface area contributed by atoms with Crippen molar-refractivity contribution < 1.29 is 19.1 Å². The van der Waals surface area contributed by atoms with E-state index >= 15 is 0 Å². The average molecular weight is 211 g/mol. The molecule has 0 atom stereocenters. The first-order chi connectivity index (χ1) is 6.99. The summed E-state index contributed by atoms with van der Waals surface area (Å²) in [6.45, 7) is 1.62. The third-order valence-electron chi connectivity index (χ3n) is 1.77. The molecule has 1 aromatic rings. The van der Waals surface area contributed by atoms with E-state index in [2.05, 4.69) is 5.32 Å². The van der Waals surface area contributed by atoms with Gasteiger partial charge in [0.15, 0.2) is 0 Å². The molecule has 15 heavy (non-hydrogen) atoms. The van der Waals surface area contributed by atoms with Crippen molar-refractivity contribution in [1.82, 2.24) is 0 Å². The van der Waals surface area contributed by atoms with Gasteiger partial charge in [-0.05, 0) is 30.7 Å². The highest BCUT2D eigenvalue weighted by molar-refractivity contribution is 6.01. The second-order valence-corrected chi connectivity index (χ2v) is 3.08. The topological polar surface area (TPSA) is 66.4 Å². The molecule has 0 radical (unpaired) electrons. The highest BCUT2D eigenvalue weighted by Gasteiger charge is 2.09. The van der Waals surface area contributed by atoms with Gasteiger partial charge in [-0.25, -0.2) is 4.39 Å². The standard InChI is InChI=1S/C10H10FNO3/c1-6-4-7(11)2-3-8(6)12-9(13)5-10(14)15/h2-4H,5H2,1H3,(H,12,13)(H,14,15). The van der Waals surface area contributed by atoms with Crippen LogP contribution in [0.25, 0.3) is 0 Å². The van der Waals surface area contributed by atoms with Gasteiger partial charge in [0, 0.05) is 5.69 Å². The van der Waals surface area contributed by atoms with Crippen LogP contribution in [-0.2, 0) is 9.59 Å². The van der Waals surface area contributed by atoms with Gasteiger partial charge in [0.25, 0.3) is 0 Å². The van der Waals surface area contributed by atoms with E-state index in [0.29, 0.717) is 11.3 Å². The third kappa shape index (κ3) is 3.38. The Bertz CT molecular complexity index is 404. The van der Waals surface area contributed by atoms with E-state index in [1.807, 2.05) is 0 Å². The number of hydrogen-bond donors (Lipinski definition) is 2. The largest absolute Gasteiger partial charge is 0.481 e. The van der Waals surface area contributed by atoms with Gasteiger partial charge in [-0.2, -0.15) is 0 Å². The molecule has 0 spiro atoms. The Morgan fingerprint density at radius 2 is 2.13 bits per heavy atom. The predicted octanol–water partition coefficient (Wildman–Crippen LogP) is 1.55. The van der Waals surface area contributed by atoms with E-state index < -0.39 is 24.1 Å². The summed E-state index contributed by atoms with van der Waals surface area (Å²) in [6.07, 6.45) is -0.600. The van der Waals surface area contributed by atoms with Gasteiger partial charge in [0.05, 0.1) is 0 Å². The Hall–Kier alpha value is -1.91. The maximum Gasteiger partial charge on any atom is 0.312 e. The quantitative estimate of drug-likeness (QED) is 0.745. The smallest absolute Gasteiger partial charge is 0.312 e. The number of carboxylic acids is 1. The van der Waals surface area contributed by atoms with Crippen LogP contribution in [0.15, 0.2) is 18.2 Å². The minimum absolute atomic E-state index is 0.399. The van der Waals surface area contributed by atoms with Crippen molar-refractivity contribution in [2.24, 2.45) is 0 Å². The second kappa shape index (κ2) is 4.54. The highest BCUT2D eigenvalue weighted by atomic mass is 19.1. The van der Waals surface area contributed by atoms with Crippen LogP contribution in [0.1, 0.15) is 12.0 Å². The minimum Gasteiger partial charge on any atom is -0.481 e. The molecule has 0 saturated carbocycles. The number of rotatable bonds is 3. The lowest BCUT2D eigenvalue weighted by atomic mass is 10.2. The number of amides is 1. The molecule has 5 heteroatoms. The zero-order chi connectivity index (χ0) is 11.4. The Morgan fingerprint density at radius 3 is 2.67 bits per heavy atom. The number of hydrogen-bond acceptors (Lipinski definition) is 2. The van der Waals surface area contributed by atoms with Crippen molar-refractivity contribution in [2.75, 3.05) is 5.32 Å². The first-order valence-corrected chi connectivity index (χ1v) is 4.27. The number of nitrogens with one attached hydrogen (secondary N) is 1. The number of aliphatic carboxylic acids is 1. The monoisotopic (exact) mass is 211 g/mol. The van der Waals surface area contributed by atoms with Crippen molar-refractivity contribution >= 4 is 17.6 Å². The molecule has 0 bridgehead atoms. The summed E-state index contributed by atoms with van der Waals surface area (Å²) in [6, 6.07) is 3.85. The van der Waals surface area contributed by atoms with Crippen LogP contribution in [0.2, 0.25) is 0 Å². The van der Waals surface area contributed by atoms with Gasteiger partial charge in [0.1, 0.15) is 12.2 Å². The molecular weight excluding hydrogens is 201 g/mol. The Morgan fingerprint density at radius 1 is 1.47 bits per heavy atom. The highest BCUT2D eigenvalue weighted by Crippen LogP contribution is 2.15. The van der Waals surface area contributed by atoms with Gasteiger partial charge in [-0.3, -0.25) is 9.59 Å². The fourth-order valence-corrected chi connectivity index (χ4v) is 1.10. The number of halogens is 1. The van der Waals surface area contributed by atoms with Crippen molar-refractivity contribution in [2.45, 2.75) is 13.3 Å². The van der Waals surface area contributed by atoms with Gasteiger partial charge >= 0.3 is 5.97 Å². The van der Waals surface area contributed by atoms with Gasteiger partial charge in [-0.1, -0.05) is 0 Å². The first kappa shape index (κ1) is 11.2. The van der Waals surface area contributed by atoms with E-state index in [4.69, 9.17) is 5.11 Å². The van der Waals surface area contributed by atoms with Crippen LogP contribution in [0.4, 0.5) is 10.1 Å². The summed E-state index contributed by atoms with van der Waals surface area (Å²) < 4.78 is 12.7. The molecule has 0 saturated heterocycles. The van der Waals surface area contributed by atoms with Crippen molar-refractivity contribution in [3.05, 3.63) is 29.6 Å². The summed E-state index contributed by atoms with van der Waals surface area (Å²) >= 11 is 0. The number of carbonyl (C=O) groups is 2. The molecule has 0 fully saturated rings. The molecule has 1 amide bonds. The van der Waals surface area contributed by atoms with Gasteiger partial charge < -0.3 is 10.4 Å². The first-order valence-electron chi connectivity index (χ1n) is 4.27. The molecule has 2 N–H and O–H groups in total. The van der Waals surface area contributed by atoms with Crippen LogP contribution in [0.3, 0.4) is 0 Å². The average Bonchev–Trinajstić information content (AvgIpc) is 2.08. The van der Waals surface area contributed by atoms with E-state index in [-0.39, 0.29) is 0 Å². The predicted molar refractivity (Wildman–Crippen MR) is 52.0 cm³/mol. The lowest BCUT2D eigenvalue weighted by Crippen LogP contribution is -2.16.